The fourth-order valence-electron chi connectivity index (χ4n) is 3.42. The number of piperidine rings is 1. The van der Waals surface area contributed by atoms with E-state index in [2.05, 4.69) is 15.3 Å². The number of aromatic nitrogens is 2. The number of rotatable bonds is 6. The number of methoxy groups -OCH3 is 1. The summed E-state index contributed by atoms with van der Waals surface area (Å²) in [7, 11) is 1.49. The maximum absolute atomic E-state index is 12.6. The number of carbonyl (C=O) groups excluding carboxylic acids is 1. The van der Waals surface area contributed by atoms with Crippen molar-refractivity contribution in [2.75, 3.05) is 25.1 Å². The number of carboxylic acids is 1. The van der Waals surface area contributed by atoms with E-state index in [9.17, 15) is 24.8 Å². The van der Waals surface area contributed by atoms with E-state index >= 15 is 0 Å². The molecule has 0 aromatic carbocycles. The largest absolute Gasteiger partial charge is 0.477 e. The van der Waals surface area contributed by atoms with Crippen molar-refractivity contribution in [1.82, 2.24) is 15.3 Å². The van der Waals surface area contributed by atoms with E-state index in [1.165, 1.54) is 7.11 Å². The third-order valence-corrected chi connectivity index (χ3v) is 6.03. The van der Waals surface area contributed by atoms with E-state index in [1.807, 2.05) is 0 Å². The summed E-state index contributed by atoms with van der Waals surface area (Å²) in [6, 6.07) is 0.805. The Morgan fingerprint density at radius 3 is 2.68 bits per heavy atom. The van der Waals surface area contributed by atoms with Crippen LogP contribution in [0, 0.1) is 17.0 Å². The van der Waals surface area contributed by atoms with E-state index in [-0.39, 0.29) is 34.1 Å². The standard InChI is InChI=1S/C18H19Cl2N5O6/c1-8-14(19)15(20)16(22-8)17(26)23-10-3-4-24(7-12(10)31-2)13-5-9(18(27)28)11(6-21-13)25(29)30/h5-6,10,12,22H,3-4,7H2,1-2H3,(H,23,26)(H,27,28)/t10-,12+/m1/s1. The van der Waals surface area contributed by atoms with Crippen LogP contribution in [0.5, 0.6) is 0 Å². The number of carboxylic acid groups (broad SMARTS) is 1. The van der Waals surface area contributed by atoms with Crippen molar-refractivity contribution in [2.24, 2.45) is 0 Å². The van der Waals surface area contributed by atoms with Crippen LogP contribution >= 0.6 is 23.2 Å². The molecule has 11 nitrogen and oxygen atoms in total. The summed E-state index contributed by atoms with van der Waals surface area (Å²) in [5.41, 5.74) is -0.301. The minimum atomic E-state index is -1.42. The number of pyridine rings is 1. The number of nitrogens with one attached hydrogen (secondary N) is 2. The fourth-order valence-corrected chi connectivity index (χ4v) is 3.84. The molecule has 3 heterocycles. The van der Waals surface area contributed by atoms with Gasteiger partial charge in [0.2, 0.25) is 0 Å². The van der Waals surface area contributed by atoms with E-state index in [0.717, 1.165) is 12.3 Å². The van der Waals surface area contributed by atoms with Crippen molar-refractivity contribution in [3.8, 4) is 0 Å². The van der Waals surface area contributed by atoms with Gasteiger partial charge < -0.3 is 25.0 Å². The number of aromatic amines is 1. The molecule has 0 unspecified atom stereocenters. The molecular formula is C18H19Cl2N5O6. The molecule has 2 aromatic heterocycles. The first-order valence-corrected chi connectivity index (χ1v) is 9.89. The highest BCUT2D eigenvalue weighted by atomic mass is 35.5. The van der Waals surface area contributed by atoms with Crippen LogP contribution in [-0.2, 0) is 4.74 Å². The van der Waals surface area contributed by atoms with Gasteiger partial charge in [-0.15, -0.1) is 0 Å². The molecule has 1 aliphatic rings. The topological polar surface area (TPSA) is 151 Å². The molecule has 1 aliphatic heterocycles. The fraction of sp³-hybridized carbons (Fsp3) is 0.389. The van der Waals surface area contributed by atoms with E-state index in [4.69, 9.17) is 27.9 Å². The molecule has 3 N–H and O–H groups in total. The average Bonchev–Trinajstić information content (AvgIpc) is 3.00. The molecule has 2 atom stereocenters. The smallest absolute Gasteiger partial charge is 0.342 e. The summed E-state index contributed by atoms with van der Waals surface area (Å²) in [6.45, 7) is 2.39. The zero-order chi connectivity index (χ0) is 22.9. The van der Waals surface area contributed by atoms with Gasteiger partial charge in [-0.1, -0.05) is 23.2 Å². The molecule has 166 valence electrons. The molecule has 1 fully saturated rings. The molecule has 31 heavy (non-hydrogen) atoms. The van der Waals surface area contributed by atoms with Gasteiger partial charge in [0.05, 0.1) is 27.1 Å². The van der Waals surface area contributed by atoms with Crippen molar-refractivity contribution in [3.05, 3.63) is 49.4 Å². The van der Waals surface area contributed by atoms with Crippen molar-refractivity contribution in [2.45, 2.75) is 25.5 Å². The Labute approximate surface area is 186 Å². The normalized spacial score (nSPS) is 18.6. The zero-order valence-corrected chi connectivity index (χ0v) is 18.0. The number of amides is 1. The average molecular weight is 472 g/mol. The number of H-pyrrole nitrogens is 1. The number of nitrogens with zero attached hydrogens (tertiary/aromatic N) is 3. The lowest BCUT2D eigenvalue weighted by Crippen LogP contribution is -2.55. The van der Waals surface area contributed by atoms with Gasteiger partial charge in [-0.25, -0.2) is 9.78 Å². The quantitative estimate of drug-likeness (QED) is 0.429. The third-order valence-electron chi connectivity index (χ3n) is 5.08. The van der Waals surface area contributed by atoms with Gasteiger partial charge in [0.1, 0.15) is 23.3 Å². The predicted molar refractivity (Wildman–Crippen MR) is 112 cm³/mol. The summed E-state index contributed by atoms with van der Waals surface area (Å²) in [5.74, 6) is -1.58. The molecule has 1 amide bonds. The number of anilines is 1. The van der Waals surface area contributed by atoms with Crippen LogP contribution in [0.15, 0.2) is 12.3 Å². The van der Waals surface area contributed by atoms with Crippen molar-refractivity contribution < 1.29 is 24.4 Å². The van der Waals surface area contributed by atoms with Crippen molar-refractivity contribution in [1.29, 1.82) is 0 Å². The molecule has 3 rings (SSSR count). The maximum Gasteiger partial charge on any atom is 0.342 e. The Balaban J connectivity index is 1.76. The number of carbonyl (C=O) groups is 2. The summed E-state index contributed by atoms with van der Waals surface area (Å²) in [4.78, 5) is 42.9. The summed E-state index contributed by atoms with van der Waals surface area (Å²) < 4.78 is 5.51. The first-order chi connectivity index (χ1) is 14.6. The number of nitro groups is 1. The van der Waals surface area contributed by atoms with Gasteiger partial charge in [-0.3, -0.25) is 14.9 Å². The second-order valence-corrected chi connectivity index (χ2v) is 7.72. The number of hydrogen-bond acceptors (Lipinski definition) is 7. The minimum Gasteiger partial charge on any atom is -0.477 e. The van der Waals surface area contributed by atoms with Crippen LogP contribution in [0.4, 0.5) is 11.5 Å². The molecule has 0 radical (unpaired) electrons. The molecule has 0 bridgehead atoms. The number of ether oxygens (including phenoxy) is 1. The maximum atomic E-state index is 12.6. The first kappa shape index (κ1) is 22.8. The monoisotopic (exact) mass is 471 g/mol. The highest BCUT2D eigenvalue weighted by Gasteiger charge is 2.33. The van der Waals surface area contributed by atoms with Crippen LogP contribution < -0.4 is 10.2 Å². The Morgan fingerprint density at radius 1 is 1.42 bits per heavy atom. The van der Waals surface area contributed by atoms with Crippen LogP contribution in [0.25, 0.3) is 0 Å². The molecule has 1 saturated heterocycles. The zero-order valence-electron chi connectivity index (χ0n) is 16.5. The summed E-state index contributed by atoms with van der Waals surface area (Å²) >= 11 is 12.1. The Bertz CT molecular complexity index is 1040. The second kappa shape index (κ2) is 9.08. The van der Waals surface area contributed by atoms with E-state index < -0.39 is 34.2 Å². The molecule has 2 aromatic rings. The Hall–Kier alpha value is -2.89. The highest BCUT2D eigenvalue weighted by Crippen LogP contribution is 2.30. The lowest BCUT2D eigenvalue weighted by Gasteiger charge is -2.38. The van der Waals surface area contributed by atoms with Crippen LogP contribution in [0.3, 0.4) is 0 Å². The molecule has 0 saturated carbocycles. The number of aryl methyl sites for hydroxylation is 1. The van der Waals surface area contributed by atoms with E-state index in [0.29, 0.717) is 18.7 Å². The van der Waals surface area contributed by atoms with Gasteiger partial charge in [0.15, 0.2) is 0 Å². The van der Waals surface area contributed by atoms with Gasteiger partial charge in [0, 0.05) is 32.0 Å². The lowest BCUT2D eigenvalue weighted by atomic mass is 10.0. The first-order valence-electron chi connectivity index (χ1n) is 9.13. The van der Waals surface area contributed by atoms with Gasteiger partial charge >= 0.3 is 11.7 Å². The molecule has 0 aliphatic carbocycles. The van der Waals surface area contributed by atoms with Crippen molar-refractivity contribution in [3.63, 3.8) is 0 Å². The van der Waals surface area contributed by atoms with Crippen LogP contribution in [0.2, 0.25) is 10.0 Å². The van der Waals surface area contributed by atoms with Gasteiger partial charge in [-0.05, 0) is 13.3 Å². The van der Waals surface area contributed by atoms with Gasteiger partial charge in [-0.2, -0.15) is 0 Å². The number of halogens is 2. The summed E-state index contributed by atoms with van der Waals surface area (Å²) in [6.07, 6.45) is 0.928. The van der Waals surface area contributed by atoms with Crippen LogP contribution in [-0.4, -0.2) is 64.2 Å². The predicted octanol–water partition coefficient (Wildman–Crippen LogP) is 2.66. The number of hydrogen-bond donors (Lipinski definition) is 3. The van der Waals surface area contributed by atoms with Crippen LogP contribution in [0.1, 0.15) is 33.0 Å². The Kier molecular flexibility index (Phi) is 6.68. The molecular weight excluding hydrogens is 453 g/mol. The van der Waals surface area contributed by atoms with E-state index in [1.54, 1.807) is 11.8 Å². The minimum absolute atomic E-state index is 0.138. The van der Waals surface area contributed by atoms with Crippen molar-refractivity contribution >= 4 is 46.6 Å². The second-order valence-electron chi connectivity index (χ2n) is 6.96. The third kappa shape index (κ3) is 4.58. The SMILES string of the molecule is CO[C@H]1CN(c2cc(C(=O)O)c([N+](=O)[O-])cn2)CC[C@H]1NC(=O)c1[nH]c(C)c(Cl)c1Cl. The molecule has 0 spiro atoms. The number of aromatic carboxylic acids is 1. The Morgan fingerprint density at radius 2 is 2.13 bits per heavy atom. The highest BCUT2D eigenvalue weighted by molar-refractivity contribution is 6.44. The van der Waals surface area contributed by atoms with Gasteiger partial charge in [0.25, 0.3) is 5.91 Å². The summed E-state index contributed by atoms with van der Waals surface area (Å²) in [5, 5.41) is 23.6. The lowest BCUT2D eigenvalue weighted by molar-refractivity contribution is -0.385. The molecule has 13 heteroatoms.